The maximum absolute atomic E-state index is 15.3. The van der Waals surface area contributed by atoms with E-state index >= 15 is 4.39 Å². The van der Waals surface area contributed by atoms with E-state index in [1.807, 2.05) is 32.3 Å². The van der Waals surface area contributed by atoms with E-state index in [9.17, 15) is 13.6 Å². The van der Waals surface area contributed by atoms with E-state index in [0.717, 1.165) is 0 Å². The summed E-state index contributed by atoms with van der Waals surface area (Å²) in [6.45, 7) is 4.51. The van der Waals surface area contributed by atoms with Gasteiger partial charge in [0.1, 0.15) is 17.4 Å². The Morgan fingerprint density at radius 3 is 2.50 bits per heavy atom. The summed E-state index contributed by atoms with van der Waals surface area (Å²) < 4.78 is 60.8. The minimum absolute atomic E-state index is 0.0575. The van der Waals surface area contributed by atoms with Crippen LogP contribution in [-0.2, 0) is 9.31 Å². The quantitative estimate of drug-likeness (QED) is 0.506. The zero-order valence-electron chi connectivity index (χ0n) is 20.5. The number of halogens is 3. The number of hydrogen-bond acceptors (Lipinski definition) is 5. The Morgan fingerprint density at radius 2 is 1.83 bits per heavy atom. The zero-order chi connectivity index (χ0) is 25.7. The summed E-state index contributed by atoms with van der Waals surface area (Å²) in [7, 11) is 0.730. The molecule has 7 nitrogen and oxygen atoms in total. The first-order chi connectivity index (χ1) is 16.9. The third-order valence-corrected chi connectivity index (χ3v) is 8.03. The van der Waals surface area contributed by atoms with E-state index in [1.165, 1.54) is 18.2 Å². The number of imidazole rings is 1. The number of amides is 1. The van der Waals surface area contributed by atoms with E-state index in [0.29, 0.717) is 34.4 Å². The molecule has 2 aromatic carbocycles. The van der Waals surface area contributed by atoms with Crippen molar-refractivity contribution in [2.75, 3.05) is 7.05 Å². The Hall–Kier alpha value is -3.05. The van der Waals surface area contributed by atoms with Crippen LogP contribution in [0.15, 0.2) is 30.3 Å². The fourth-order valence-corrected chi connectivity index (χ4v) is 5.47. The number of hydrogen-bond donors (Lipinski definition) is 0. The monoisotopic (exact) mass is 499 g/mol. The third-order valence-electron chi connectivity index (χ3n) is 8.03. The summed E-state index contributed by atoms with van der Waals surface area (Å²) in [4.78, 5) is 19.5. The predicted octanol–water partition coefficient (Wildman–Crippen LogP) is 4.20. The topological polar surface area (TPSA) is 65.8 Å². The molecule has 0 aliphatic carbocycles. The van der Waals surface area contributed by atoms with E-state index in [1.54, 1.807) is 24.1 Å². The van der Waals surface area contributed by atoms with E-state index in [4.69, 9.17) is 14.0 Å². The van der Waals surface area contributed by atoms with Crippen LogP contribution >= 0.6 is 0 Å². The molecule has 1 saturated heterocycles. The molecule has 11 heteroatoms. The number of ether oxygens (including phenoxy) is 1. The lowest BCUT2D eigenvalue weighted by Gasteiger charge is -2.32. The molecular weight excluding hydrogens is 474 g/mol. The van der Waals surface area contributed by atoms with Crippen LogP contribution < -0.4 is 10.2 Å². The summed E-state index contributed by atoms with van der Waals surface area (Å²) in [6.07, 6.45) is 0.431. The van der Waals surface area contributed by atoms with Crippen molar-refractivity contribution in [3.8, 4) is 5.75 Å². The molecule has 36 heavy (non-hydrogen) atoms. The molecule has 3 aliphatic rings. The number of carbonyl (C=O) groups is 1. The molecule has 0 saturated carbocycles. The molecule has 0 radical (unpaired) electrons. The van der Waals surface area contributed by atoms with Gasteiger partial charge >= 0.3 is 13.7 Å². The van der Waals surface area contributed by atoms with Crippen LogP contribution in [0.2, 0.25) is 0 Å². The SMILES string of the molecule is CN1C(=O)c2cccc(OC(F)F)c2[C@H]2C[C@@H]1c1nc3cc(F)c(B4OC(C)(C)C(C)(C)O4)cc3n12. The number of benzene rings is 2. The number of aromatic nitrogens is 2. The number of rotatable bonds is 3. The average Bonchev–Trinajstić information content (AvgIpc) is 3.36. The van der Waals surface area contributed by atoms with Gasteiger partial charge in [0.15, 0.2) is 0 Å². The molecule has 4 heterocycles. The second kappa shape index (κ2) is 7.49. The minimum atomic E-state index is -3.05. The molecule has 6 rings (SSSR count). The Balaban J connectivity index is 1.55. The number of alkyl halides is 2. The van der Waals surface area contributed by atoms with Crippen molar-refractivity contribution in [2.45, 2.75) is 64.0 Å². The summed E-state index contributed by atoms with van der Waals surface area (Å²) >= 11 is 0. The van der Waals surface area contributed by atoms with Crippen LogP contribution in [-0.4, -0.2) is 52.3 Å². The normalized spacial score (nSPS) is 23.9. The van der Waals surface area contributed by atoms with Gasteiger partial charge in [0.05, 0.1) is 34.3 Å². The van der Waals surface area contributed by atoms with Crippen molar-refractivity contribution in [1.29, 1.82) is 0 Å². The standard InChI is InChI=1S/C25H25BF3N3O4/c1-24(2)25(3,4)36-26(35-24)13-9-16-15(10-14(13)27)30-21-18-11-17(32(16)21)20-12(22(33)31(18)5)7-6-8-19(20)34-23(28)29/h6-10,17-18,23H,11H2,1-5H3/t17-,18-/m1/s1. The molecule has 1 fully saturated rings. The van der Waals surface area contributed by atoms with Crippen molar-refractivity contribution in [3.05, 3.63) is 53.1 Å². The molecule has 188 valence electrons. The van der Waals surface area contributed by atoms with Gasteiger partial charge in [-0.1, -0.05) is 6.07 Å². The van der Waals surface area contributed by atoms with Gasteiger partial charge in [-0.25, -0.2) is 9.37 Å². The molecule has 0 spiro atoms. The number of nitrogens with zero attached hydrogens (tertiary/aromatic N) is 3. The van der Waals surface area contributed by atoms with Gasteiger partial charge in [0, 0.05) is 36.1 Å². The summed E-state index contributed by atoms with van der Waals surface area (Å²) in [5.74, 6) is -0.321. The second-order valence-electron chi connectivity index (χ2n) is 10.6. The molecule has 3 aromatic rings. The first kappa shape index (κ1) is 23.4. The summed E-state index contributed by atoms with van der Waals surface area (Å²) in [6, 6.07) is 6.64. The van der Waals surface area contributed by atoms with Crippen LogP contribution in [0.1, 0.15) is 67.9 Å². The lowest BCUT2D eigenvalue weighted by atomic mass is 9.78. The Morgan fingerprint density at radius 1 is 1.14 bits per heavy atom. The molecule has 3 aliphatic heterocycles. The van der Waals surface area contributed by atoms with E-state index < -0.39 is 42.8 Å². The highest BCUT2D eigenvalue weighted by molar-refractivity contribution is 6.62. The first-order valence-corrected chi connectivity index (χ1v) is 11.8. The van der Waals surface area contributed by atoms with Crippen molar-refractivity contribution >= 4 is 29.5 Å². The largest absolute Gasteiger partial charge is 0.497 e. The smallest absolute Gasteiger partial charge is 0.434 e. The zero-order valence-corrected chi connectivity index (χ0v) is 20.5. The fraction of sp³-hybridized carbons (Fsp3) is 0.440. The minimum Gasteiger partial charge on any atom is -0.434 e. The van der Waals surface area contributed by atoms with Crippen molar-refractivity contribution in [1.82, 2.24) is 14.5 Å². The summed E-state index contributed by atoms with van der Waals surface area (Å²) in [5, 5.41) is 0. The van der Waals surface area contributed by atoms with Crippen LogP contribution in [0.25, 0.3) is 11.0 Å². The van der Waals surface area contributed by atoms with Crippen molar-refractivity contribution < 1.29 is 32.0 Å². The highest BCUT2D eigenvalue weighted by Crippen LogP contribution is 2.50. The molecule has 0 N–H and O–H groups in total. The van der Waals surface area contributed by atoms with Crippen molar-refractivity contribution in [2.24, 2.45) is 0 Å². The molecule has 1 aromatic heterocycles. The van der Waals surface area contributed by atoms with Crippen LogP contribution in [0.3, 0.4) is 0 Å². The van der Waals surface area contributed by atoms with Gasteiger partial charge in [-0.2, -0.15) is 8.78 Å². The molecule has 0 unspecified atom stereocenters. The number of carbonyl (C=O) groups excluding carboxylic acids is 1. The highest BCUT2D eigenvalue weighted by Gasteiger charge is 2.53. The van der Waals surface area contributed by atoms with Crippen LogP contribution in [0, 0.1) is 5.82 Å². The van der Waals surface area contributed by atoms with Gasteiger partial charge in [-0.05, 0) is 45.9 Å². The van der Waals surface area contributed by atoms with Gasteiger partial charge in [-0.15, -0.1) is 0 Å². The second-order valence-corrected chi connectivity index (χ2v) is 10.6. The molecule has 1 amide bonds. The highest BCUT2D eigenvalue weighted by atomic mass is 19.3. The number of fused-ring (bicyclic) bond motifs is 9. The average molecular weight is 499 g/mol. The van der Waals surface area contributed by atoms with Gasteiger partial charge in [0.25, 0.3) is 5.91 Å². The lowest BCUT2D eigenvalue weighted by molar-refractivity contribution is -0.0507. The van der Waals surface area contributed by atoms with E-state index in [-0.39, 0.29) is 17.1 Å². The maximum atomic E-state index is 15.3. The van der Waals surface area contributed by atoms with Crippen molar-refractivity contribution in [3.63, 3.8) is 0 Å². The fourth-order valence-electron chi connectivity index (χ4n) is 5.47. The van der Waals surface area contributed by atoms with Crippen LogP contribution in [0.4, 0.5) is 13.2 Å². The molecular formula is C25H25BF3N3O4. The van der Waals surface area contributed by atoms with Gasteiger partial charge in [-0.3, -0.25) is 4.79 Å². The van der Waals surface area contributed by atoms with Gasteiger partial charge < -0.3 is 23.5 Å². The summed E-state index contributed by atoms with van der Waals surface area (Å²) in [5.41, 5.74) is 0.580. The third kappa shape index (κ3) is 3.15. The van der Waals surface area contributed by atoms with E-state index in [2.05, 4.69) is 4.98 Å². The Bertz CT molecular complexity index is 1410. The maximum Gasteiger partial charge on any atom is 0.497 e. The Kier molecular flexibility index (Phi) is 4.86. The Labute approximate surface area is 206 Å². The molecule has 2 bridgehead atoms. The first-order valence-electron chi connectivity index (χ1n) is 11.8. The van der Waals surface area contributed by atoms with Gasteiger partial charge in [0.2, 0.25) is 0 Å². The van der Waals surface area contributed by atoms with Crippen LogP contribution in [0.5, 0.6) is 5.75 Å². The lowest BCUT2D eigenvalue weighted by Crippen LogP contribution is -2.41. The molecule has 2 atom stereocenters. The predicted molar refractivity (Wildman–Crippen MR) is 126 cm³/mol.